The Morgan fingerprint density at radius 3 is 1.67 bits per heavy atom. The van der Waals surface area contributed by atoms with Crippen LogP contribution in [-0.2, 0) is 4.79 Å². The van der Waals surface area contributed by atoms with Crippen LogP contribution < -0.4 is 0 Å². The van der Waals surface area contributed by atoms with Crippen molar-refractivity contribution in [1.29, 1.82) is 0 Å². The molecule has 0 aromatic carbocycles. The Hall–Kier alpha value is -0.790. The molecule has 2 heteroatoms. The molecule has 0 spiro atoms. The normalized spacial score (nSPS) is 21.4. The maximum atomic E-state index is 12.7. The van der Waals surface area contributed by atoms with Crippen molar-refractivity contribution in [2.45, 2.75) is 67.5 Å². The average molecular weight is 251 g/mol. The molecule has 0 aliphatic carbocycles. The Balaban J connectivity index is 3.36. The van der Waals surface area contributed by atoms with Crippen molar-refractivity contribution in [2.75, 3.05) is 0 Å². The van der Waals surface area contributed by atoms with Crippen LogP contribution in [0.25, 0.3) is 0 Å². The lowest BCUT2D eigenvalue weighted by atomic mass is 9.85. The van der Waals surface area contributed by atoms with Gasteiger partial charge >= 0.3 is 0 Å². The molecule has 0 aromatic rings. The standard InChI is InChI=1S/C16H29NO/c1-9(2)13-14(10(3)4)16(18)17(12(7)8)15(13)11(5)6/h9-12,15H,1-8H3. The largest absolute Gasteiger partial charge is 0.329 e. The van der Waals surface area contributed by atoms with Crippen LogP contribution in [-0.4, -0.2) is 22.9 Å². The lowest BCUT2D eigenvalue weighted by Crippen LogP contribution is -2.44. The van der Waals surface area contributed by atoms with Crippen LogP contribution in [0.1, 0.15) is 55.4 Å². The second-order valence-electron chi connectivity index (χ2n) is 6.67. The number of hydrogen-bond acceptors (Lipinski definition) is 1. The summed E-state index contributed by atoms with van der Waals surface area (Å²) >= 11 is 0. The smallest absolute Gasteiger partial charge is 0.250 e. The minimum atomic E-state index is 0.266. The van der Waals surface area contributed by atoms with E-state index in [1.54, 1.807) is 0 Å². The Morgan fingerprint density at radius 2 is 1.39 bits per heavy atom. The fourth-order valence-corrected chi connectivity index (χ4v) is 3.17. The maximum absolute atomic E-state index is 12.7. The molecule has 1 amide bonds. The first-order valence-corrected chi connectivity index (χ1v) is 7.26. The van der Waals surface area contributed by atoms with E-state index in [1.807, 2.05) is 0 Å². The molecule has 2 nitrogen and oxygen atoms in total. The van der Waals surface area contributed by atoms with Gasteiger partial charge in [0.25, 0.3) is 5.91 Å². The molecule has 0 aromatic heterocycles. The molecule has 104 valence electrons. The first kappa shape index (κ1) is 15.3. The van der Waals surface area contributed by atoms with E-state index in [1.165, 1.54) is 5.57 Å². The molecule has 18 heavy (non-hydrogen) atoms. The van der Waals surface area contributed by atoms with Crippen LogP contribution in [0, 0.1) is 17.8 Å². The Kier molecular flexibility index (Phi) is 4.63. The molecule has 0 N–H and O–H groups in total. The van der Waals surface area contributed by atoms with Gasteiger partial charge in [0.2, 0.25) is 0 Å². The molecular weight excluding hydrogens is 222 g/mol. The molecule has 0 radical (unpaired) electrons. The van der Waals surface area contributed by atoms with E-state index in [4.69, 9.17) is 0 Å². The van der Waals surface area contributed by atoms with E-state index in [0.29, 0.717) is 17.8 Å². The van der Waals surface area contributed by atoms with Gasteiger partial charge in [-0.05, 0) is 37.2 Å². The van der Waals surface area contributed by atoms with Crippen LogP contribution in [0.15, 0.2) is 11.1 Å². The number of nitrogens with zero attached hydrogens (tertiary/aromatic N) is 1. The molecule has 1 unspecified atom stereocenters. The summed E-state index contributed by atoms with van der Waals surface area (Å²) in [5.41, 5.74) is 2.44. The molecule has 1 atom stereocenters. The van der Waals surface area contributed by atoms with Crippen LogP contribution >= 0.6 is 0 Å². The first-order chi connectivity index (χ1) is 8.20. The SMILES string of the molecule is CC(C)C1=C(C(C)C)C(C(C)C)N(C(C)C)C1=O. The number of hydrogen-bond donors (Lipinski definition) is 0. The highest BCUT2D eigenvalue weighted by molar-refractivity contribution is 5.98. The Morgan fingerprint density at radius 1 is 0.889 bits per heavy atom. The Bertz CT molecular complexity index is 350. The van der Waals surface area contributed by atoms with E-state index < -0.39 is 0 Å². The van der Waals surface area contributed by atoms with Crippen LogP contribution in [0.3, 0.4) is 0 Å². The van der Waals surface area contributed by atoms with Crippen molar-refractivity contribution >= 4 is 5.91 Å². The van der Waals surface area contributed by atoms with Gasteiger partial charge in [0, 0.05) is 11.6 Å². The number of amides is 1. The summed E-state index contributed by atoms with van der Waals surface area (Å²) in [5.74, 6) is 1.51. The summed E-state index contributed by atoms with van der Waals surface area (Å²) in [6.07, 6.45) is 0. The fraction of sp³-hybridized carbons (Fsp3) is 0.812. The second kappa shape index (κ2) is 5.46. The summed E-state index contributed by atoms with van der Waals surface area (Å²) in [6, 6.07) is 0.560. The molecule has 0 fully saturated rings. The van der Waals surface area contributed by atoms with Gasteiger partial charge in [-0.15, -0.1) is 0 Å². The quantitative estimate of drug-likeness (QED) is 0.742. The van der Waals surface area contributed by atoms with Gasteiger partial charge in [0.1, 0.15) is 0 Å². The Labute approximate surface area is 112 Å². The number of rotatable bonds is 4. The topological polar surface area (TPSA) is 20.3 Å². The third-order valence-corrected chi connectivity index (χ3v) is 3.78. The van der Waals surface area contributed by atoms with Gasteiger partial charge in [0.15, 0.2) is 0 Å². The van der Waals surface area contributed by atoms with Crippen molar-refractivity contribution < 1.29 is 4.79 Å². The predicted octanol–water partition coefficient (Wildman–Crippen LogP) is 3.87. The number of carbonyl (C=O) groups excluding carboxylic acids is 1. The highest BCUT2D eigenvalue weighted by Crippen LogP contribution is 2.39. The second-order valence-corrected chi connectivity index (χ2v) is 6.67. The molecular formula is C16H29NO. The minimum Gasteiger partial charge on any atom is -0.329 e. The zero-order chi connectivity index (χ0) is 14.2. The maximum Gasteiger partial charge on any atom is 0.250 e. The van der Waals surface area contributed by atoms with Gasteiger partial charge in [-0.1, -0.05) is 41.5 Å². The van der Waals surface area contributed by atoms with E-state index in [9.17, 15) is 4.79 Å². The van der Waals surface area contributed by atoms with Crippen LogP contribution in [0.4, 0.5) is 0 Å². The molecule has 0 bridgehead atoms. The zero-order valence-corrected chi connectivity index (χ0v) is 13.2. The summed E-state index contributed by atoms with van der Waals surface area (Å²) in [7, 11) is 0. The van der Waals surface area contributed by atoms with Crippen molar-refractivity contribution in [3.05, 3.63) is 11.1 Å². The van der Waals surface area contributed by atoms with Crippen molar-refractivity contribution in [2.24, 2.45) is 17.8 Å². The highest BCUT2D eigenvalue weighted by atomic mass is 16.2. The summed E-state index contributed by atoms with van der Waals surface area (Å²) in [4.78, 5) is 14.8. The molecule has 0 saturated carbocycles. The highest BCUT2D eigenvalue weighted by Gasteiger charge is 2.43. The van der Waals surface area contributed by atoms with Crippen molar-refractivity contribution in [3.8, 4) is 0 Å². The molecule has 1 aliphatic heterocycles. The van der Waals surface area contributed by atoms with Crippen LogP contribution in [0.2, 0.25) is 0 Å². The minimum absolute atomic E-state index is 0.266. The molecule has 1 aliphatic rings. The average Bonchev–Trinajstić information content (AvgIpc) is 2.51. The third kappa shape index (κ3) is 2.48. The van der Waals surface area contributed by atoms with Crippen molar-refractivity contribution in [3.63, 3.8) is 0 Å². The van der Waals surface area contributed by atoms with E-state index in [0.717, 1.165) is 5.57 Å². The number of carbonyl (C=O) groups is 1. The van der Waals surface area contributed by atoms with Gasteiger partial charge in [0.05, 0.1) is 6.04 Å². The van der Waals surface area contributed by atoms with Gasteiger partial charge in [-0.2, -0.15) is 0 Å². The lowest BCUT2D eigenvalue weighted by molar-refractivity contribution is -0.129. The zero-order valence-electron chi connectivity index (χ0n) is 13.2. The third-order valence-electron chi connectivity index (χ3n) is 3.78. The summed E-state index contributed by atoms with van der Waals surface area (Å²) in [6.45, 7) is 17.4. The van der Waals surface area contributed by atoms with Crippen molar-refractivity contribution in [1.82, 2.24) is 4.90 Å². The van der Waals surface area contributed by atoms with E-state index in [2.05, 4.69) is 60.3 Å². The molecule has 1 heterocycles. The van der Waals surface area contributed by atoms with Gasteiger partial charge < -0.3 is 4.90 Å². The van der Waals surface area contributed by atoms with Gasteiger partial charge in [-0.25, -0.2) is 0 Å². The lowest BCUT2D eigenvalue weighted by Gasteiger charge is -2.34. The summed E-state index contributed by atoms with van der Waals surface area (Å²) < 4.78 is 0. The first-order valence-electron chi connectivity index (χ1n) is 7.26. The predicted molar refractivity (Wildman–Crippen MR) is 77.3 cm³/mol. The molecule has 0 saturated heterocycles. The summed E-state index contributed by atoms with van der Waals surface area (Å²) in [5, 5.41) is 0. The van der Waals surface area contributed by atoms with Gasteiger partial charge in [-0.3, -0.25) is 4.79 Å². The van der Waals surface area contributed by atoms with E-state index >= 15 is 0 Å². The molecule has 1 rings (SSSR count). The van der Waals surface area contributed by atoms with E-state index in [-0.39, 0.29) is 18.0 Å². The monoisotopic (exact) mass is 251 g/mol. The fourth-order valence-electron chi connectivity index (χ4n) is 3.17. The van der Waals surface area contributed by atoms with Crippen LogP contribution in [0.5, 0.6) is 0 Å².